The van der Waals surface area contributed by atoms with E-state index in [9.17, 15) is 0 Å². The van der Waals surface area contributed by atoms with Crippen molar-refractivity contribution in [2.45, 2.75) is 31.3 Å². The van der Waals surface area contributed by atoms with Crippen molar-refractivity contribution in [2.24, 2.45) is 5.73 Å². The van der Waals surface area contributed by atoms with Gasteiger partial charge in [-0.3, -0.25) is 9.80 Å². The summed E-state index contributed by atoms with van der Waals surface area (Å²) in [6, 6.07) is 0.627. The average molecular weight is 183 g/mol. The molecule has 3 atom stereocenters. The predicted octanol–water partition coefficient (Wildman–Crippen LogP) is -0.592. The van der Waals surface area contributed by atoms with Crippen LogP contribution in [0.4, 0.5) is 0 Å². The second kappa shape index (κ2) is 2.92. The lowest BCUT2D eigenvalue weighted by Gasteiger charge is -2.39. The number of fused-ring (bicyclic) bond motifs is 3. The normalized spacial score (nSPS) is 46.4. The highest BCUT2D eigenvalue weighted by Gasteiger charge is 2.44. The van der Waals surface area contributed by atoms with Crippen LogP contribution >= 0.6 is 0 Å². The standard InChI is InChI=1S/C9H17N3O/c10-8-6-12-5-4-11-3-1-2-7(11)9(12)13-8/h7-9H,1-6,10H2. The molecular formula is C9H17N3O. The van der Waals surface area contributed by atoms with Gasteiger partial charge in [-0.2, -0.15) is 0 Å². The summed E-state index contributed by atoms with van der Waals surface area (Å²) in [7, 11) is 0. The maximum Gasteiger partial charge on any atom is 0.128 e. The van der Waals surface area contributed by atoms with Crippen molar-refractivity contribution in [1.82, 2.24) is 9.80 Å². The van der Waals surface area contributed by atoms with Gasteiger partial charge in [0.15, 0.2) is 0 Å². The molecule has 3 aliphatic heterocycles. The van der Waals surface area contributed by atoms with Crippen LogP contribution in [0.3, 0.4) is 0 Å². The van der Waals surface area contributed by atoms with Gasteiger partial charge in [-0.15, -0.1) is 0 Å². The first-order chi connectivity index (χ1) is 6.34. The molecule has 0 spiro atoms. The third-order valence-electron chi connectivity index (χ3n) is 3.51. The molecule has 2 N–H and O–H groups in total. The van der Waals surface area contributed by atoms with Crippen molar-refractivity contribution in [2.75, 3.05) is 26.2 Å². The molecule has 0 bridgehead atoms. The average Bonchev–Trinajstić information content (AvgIpc) is 2.65. The third-order valence-corrected chi connectivity index (χ3v) is 3.51. The molecule has 3 fully saturated rings. The Hall–Kier alpha value is -0.160. The first-order valence-corrected chi connectivity index (χ1v) is 5.24. The lowest BCUT2D eigenvalue weighted by atomic mass is 10.1. The van der Waals surface area contributed by atoms with E-state index in [4.69, 9.17) is 10.5 Å². The fraction of sp³-hybridized carbons (Fsp3) is 1.00. The Morgan fingerprint density at radius 3 is 2.92 bits per heavy atom. The zero-order valence-corrected chi connectivity index (χ0v) is 7.85. The Balaban J connectivity index is 1.79. The summed E-state index contributed by atoms with van der Waals surface area (Å²) in [6.07, 6.45) is 2.86. The van der Waals surface area contributed by atoms with E-state index in [1.54, 1.807) is 0 Å². The van der Waals surface area contributed by atoms with E-state index in [-0.39, 0.29) is 6.23 Å². The van der Waals surface area contributed by atoms with Gasteiger partial charge >= 0.3 is 0 Å². The highest BCUT2D eigenvalue weighted by atomic mass is 16.5. The fourth-order valence-corrected chi connectivity index (χ4v) is 2.91. The fourth-order valence-electron chi connectivity index (χ4n) is 2.91. The van der Waals surface area contributed by atoms with Crippen LogP contribution in [0.15, 0.2) is 0 Å². The van der Waals surface area contributed by atoms with Gasteiger partial charge in [-0.1, -0.05) is 0 Å². The molecule has 0 aromatic heterocycles. The number of nitrogens with two attached hydrogens (primary N) is 1. The lowest BCUT2D eigenvalue weighted by Crippen LogP contribution is -2.54. The van der Waals surface area contributed by atoms with Gasteiger partial charge in [0.05, 0.1) is 0 Å². The van der Waals surface area contributed by atoms with Gasteiger partial charge in [-0.25, -0.2) is 0 Å². The van der Waals surface area contributed by atoms with Crippen LogP contribution in [-0.4, -0.2) is 54.5 Å². The molecule has 0 aromatic carbocycles. The number of nitrogens with zero attached hydrogens (tertiary/aromatic N) is 2. The van der Waals surface area contributed by atoms with Crippen LogP contribution < -0.4 is 5.73 Å². The summed E-state index contributed by atoms with van der Waals surface area (Å²) in [6.45, 7) is 4.52. The van der Waals surface area contributed by atoms with Gasteiger partial charge in [0.25, 0.3) is 0 Å². The van der Waals surface area contributed by atoms with Gasteiger partial charge < -0.3 is 10.5 Å². The molecule has 3 saturated heterocycles. The Bertz CT molecular complexity index is 211. The van der Waals surface area contributed by atoms with Crippen LogP contribution in [0.25, 0.3) is 0 Å². The molecule has 74 valence electrons. The predicted molar refractivity (Wildman–Crippen MR) is 49.0 cm³/mol. The molecule has 0 aliphatic carbocycles. The van der Waals surface area contributed by atoms with E-state index in [2.05, 4.69) is 9.80 Å². The summed E-state index contributed by atoms with van der Waals surface area (Å²) in [5.74, 6) is 0. The van der Waals surface area contributed by atoms with Crippen molar-refractivity contribution < 1.29 is 4.74 Å². The molecule has 0 saturated carbocycles. The summed E-state index contributed by atoms with van der Waals surface area (Å²) in [5, 5.41) is 0. The minimum atomic E-state index is -0.0504. The molecule has 13 heavy (non-hydrogen) atoms. The Kier molecular flexibility index (Phi) is 1.83. The number of rotatable bonds is 0. The molecule has 3 heterocycles. The highest BCUT2D eigenvalue weighted by Crippen LogP contribution is 2.30. The number of piperazine rings is 1. The Morgan fingerprint density at radius 2 is 2.00 bits per heavy atom. The number of hydrogen-bond donors (Lipinski definition) is 1. The van der Waals surface area contributed by atoms with E-state index in [1.165, 1.54) is 25.9 Å². The quantitative estimate of drug-likeness (QED) is 0.545. The highest BCUT2D eigenvalue weighted by molar-refractivity contribution is 4.94. The molecule has 0 aromatic rings. The topological polar surface area (TPSA) is 41.7 Å². The van der Waals surface area contributed by atoms with Gasteiger partial charge in [0.2, 0.25) is 0 Å². The van der Waals surface area contributed by atoms with Crippen molar-refractivity contribution in [3.8, 4) is 0 Å². The van der Waals surface area contributed by atoms with Crippen LogP contribution in [0.1, 0.15) is 12.8 Å². The SMILES string of the molecule is NC1CN2CCN3CCCC3C2O1. The lowest BCUT2D eigenvalue weighted by molar-refractivity contribution is -0.0726. The van der Waals surface area contributed by atoms with Crippen LogP contribution in [0, 0.1) is 0 Å². The van der Waals surface area contributed by atoms with E-state index in [1.807, 2.05) is 0 Å². The van der Waals surface area contributed by atoms with Crippen molar-refractivity contribution in [3.63, 3.8) is 0 Å². The van der Waals surface area contributed by atoms with Crippen LogP contribution in [0.2, 0.25) is 0 Å². The monoisotopic (exact) mass is 183 g/mol. The van der Waals surface area contributed by atoms with Gasteiger partial charge in [0.1, 0.15) is 12.5 Å². The van der Waals surface area contributed by atoms with Gasteiger partial charge in [0, 0.05) is 25.7 Å². The van der Waals surface area contributed by atoms with E-state index in [0.717, 1.165) is 13.1 Å². The van der Waals surface area contributed by atoms with Gasteiger partial charge in [-0.05, 0) is 19.4 Å². The van der Waals surface area contributed by atoms with E-state index in [0.29, 0.717) is 12.3 Å². The summed E-state index contributed by atoms with van der Waals surface area (Å²) in [4.78, 5) is 4.95. The number of ether oxygens (including phenoxy) is 1. The van der Waals surface area contributed by atoms with Crippen molar-refractivity contribution >= 4 is 0 Å². The molecule has 3 rings (SSSR count). The first-order valence-electron chi connectivity index (χ1n) is 5.24. The van der Waals surface area contributed by atoms with E-state index < -0.39 is 0 Å². The molecule has 4 nitrogen and oxygen atoms in total. The molecule has 0 amide bonds. The number of hydrogen-bond acceptors (Lipinski definition) is 4. The van der Waals surface area contributed by atoms with Crippen molar-refractivity contribution in [1.29, 1.82) is 0 Å². The second-order valence-corrected chi connectivity index (χ2v) is 4.31. The zero-order valence-electron chi connectivity index (χ0n) is 7.85. The van der Waals surface area contributed by atoms with Crippen LogP contribution in [-0.2, 0) is 4.74 Å². The maximum absolute atomic E-state index is 5.79. The summed E-state index contributed by atoms with van der Waals surface area (Å²) in [5.41, 5.74) is 5.79. The van der Waals surface area contributed by atoms with E-state index >= 15 is 0 Å². The Labute approximate surface area is 78.6 Å². The molecular weight excluding hydrogens is 166 g/mol. The minimum absolute atomic E-state index is 0.0504. The molecule has 0 radical (unpaired) electrons. The molecule has 3 aliphatic rings. The zero-order chi connectivity index (χ0) is 8.84. The summed E-state index contributed by atoms with van der Waals surface area (Å²) < 4.78 is 5.74. The maximum atomic E-state index is 5.79. The largest absolute Gasteiger partial charge is 0.342 e. The molecule has 3 unspecified atom stereocenters. The minimum Gasteiger partial charge on any atom is -0.342 e. The van der Waals surface area contributed by atoms with Crippen molar-refractivity contribution in [3.05, 3.63) is 0 Å². The smallest absolute Gasteiger partial charge is 0.128 e. The molecule has 4 heteroatoms. The Morgan fingerprint density at radius 1 is 1.15 bits per heavy atom. The third kappa shape index (κ3) is 1.21. The van der Waals surface area contributed by atoms with Crippen LogP contribution in [0.5, 0.6) is 0 Å². The summed E-state index contributed by atoms with van der Waals surface area (Å²) >= 11 is 0. The second-order valence-electron chi connectivity index (χ2n) is 4.31. The first kappa shape index (κ1) is 8.17.